The highest BCUT2D eigenvalue weighted by Crippen LogP contribution is 2.38. The molecule has 0 saturated carbocycles. The molecule has 1 atom stereocenters. The monoisotopic (exact) mass is 486 g/mol. The van der Waals surface area contributed by atoms with Crippen LogP contribution in [0, 0.1) is 11.3 Å². The van der Waals surface area contributed by atoms with Crippen molar-refractivity contribution >= 4 is 45.7 Å². The highest BCUT2D eigenvalue weighted by atomic mass is 32.2. The average Bonchev–Trinajstić information content (AvgIpc) is 3.15. The number of hydrogen-bond acceptors (Lipinski definition) is 7. The molecule has 0 N–H and O–H groups in total. The third-order valence-corrected chi connectivity index (χ3v) is 6.45. The Morgan fingerprint density at radius 3 is 2.63 bits per heavy atom. The molecule has 8 heteroatoms. The molecule has 0 aliphatic carbocycles. The smallest absolute Gasteiger partial charge is 0.329 e. The van der Waals surface area contributed by atoms with Crippen LogP contribution in [-0.4, -0.2) is 34.7 Å². The van der Waals surface area contributed by atoms with Crippen LogP contribution in [-0.2, 0) is 20.9 Å². The first-order valence-electron chi connectivity index (χ1n) is 11.0. The summed E-state index contributed by atoms with van der Waals surface area (Å²) in [7, 11) is 0. The second-order valence-electron chi connectivity index (χ2n) is 7.74. The molecule has 1 heterocycles. The Morgan fingerprint density at radius 2 is 1.86 bits per heavy atom. The Bertz CT molecular complexity index is 1390. The number of rotatable bonds is 7. The molecule has 1 aliphatic heterocycles. The van der Waals surface area contributed by atoms with Crippen molar-refractivity contribution < 1.29 is 23.9 Å². The van der Waals surface area contributed by atoms with Crippen molar-refractivity contribution in [3.63, 3.8) is 0 Å². The lowest BCUT2D eigenvalue weighted by Gasteiger charge is -2.19. The van der Waals surface area contributed by atoms with E-state index in [4.69, 9.17) is 9.47 Å². The summed E-state index contributed by atoms with van der Waals surface area (Å²) in [5.74, 6) is -0.697. The highest BCUT2D eigenvalue weighted by Gasteiger charge is 2.41. The van der Waals surface area contributed by atoms with Gasteiger partial charge in [-0.2, -0.15) is 5.26 Å². The highest BCUT2D eigenvalue weighted by molar-refractivity contribution is 8.18. The van der Waals surface area contributed by atoms with Crippen LogP contribution in [0.4, 0.5) is 4.79 Å². The van der Waals surface area contributed by atoms with Gasteiger partial charge in [0.2, 0.25) is 0 Å². The Morgan fingerprint density at radius 1 is 1.11 bits per heavy atom. The fourth-order valence-corrected chi connectivity index (χ4v) is 4.66. The van der Waals surface area contributed by atoms with Crippen molar-refractivity contribution in [3.8, 4) is 11.8 Å². The molecule has 2 amide bonds. The average molecular weight is 487 g/mol. The molecule has 7 nitrogen and oxygen atoms in total. The summed E-state index contributed by atoms with van der Waals surface area (Å²) in [6.07, 6.45) is 1.62. The number of esters is 1. The van der Waals surface area contributed by atoms with Crippen molar-refractivity contribution in [1.29, 1.82) is 5.26 Å². The number of nitriles is 1. The van der Waals surface area contributed by atoms with Gasteiger partial charge >= 0.3 is 5.97 Å². The lowest BCUT2D eigenvalue weighted by molar-refractivity contribution is -0.150. The van der Waals surface area contributed by atoms with Gasteiger partial charge in [0.05, 0.1) is 23.1 Å². The number of nitrogens with zero attached hydrogens (tertiary/aromatic N) is 2. The standard InChI is InChI=1S/C27H22N2O5S/c1-3-33-26(31)17(2)29-25(30)24(35-27(29)32)14-22-21-11-7-6-8-18(21)12-13-23(22)34-16-20-10-5-4-9-19(20)15-28/h4-14,17H,3,16H2,1-2H3/b24-14-. The molecule has 0 spiro atoms. The van der Waals surface area contributed by atoms with Crippen LogP contribution in [0.1, 0.15) is 30.5 Å². The van der Waals surface area contributed by atoms with E-state index in [9.17, 15) is 19.6 Å². The zero-order chi connectivity index (χ0) is 24.9. The van der Waals surface area contributed by atoms with Crippen molar-refractivity contribution in [2.45, 2.75) is 26.5 Å². The lowest BCUT2D eigenvalue weighted by atomic mass is 10.0. The summed E-state index contributed by atoms with van der Waals surface area (Å²) in [6, 6.07) is 19.6. The normalized spacial score (nSPS) is 15.3. The number of imide groups is 1. The maximum Gasteiger partial charge on any atom is 0.329 e. The molecule has 0 aromatic heterocycles. The van der Waals surface area contributed by atoms with Crippen LogP contribution in [0.5, 0.6) is 5.75 Å². The first kappa shape index (κ1) is 24.0. The van der Waals surface area contributed by atoms with Crippen LogP contribution in [0.25, 0.3) is 16.8 Å². The molecule has 1 fully saturated rings. The van der Waals surface area contributed by atoms with Gasteiger partial charge in [-0.15, -0.1) is 0 Å². The van der Waals surface area contributed by atoms with Gasteiger partial charge in [0.1, 0.15) is 18.4 Å². The number of benzene rings is 3. The third kappa shape index (κ3) is 4.91. The molecule has 3 aromatic carbocycles. The topological polar surface area (TPSA) is 96.7 Å². The first-order valence-corrected chi connectivity index (χ1v) is 11.8. The van der Waals surface area contributed by atoms with Crippen LogP contribution in [0.15, 0.2) is 65.6 Å². The van der Waals surface area contributed by atoms with E-state index >= 15 is 0 Å². The molecule has 1 unspecified atom stereocenters. The maximum absolute atomic E-state index is 13.1. The second-order valence-corrected chi connectivity index (χ2v) is 8.73. The number of hydrogen-bond donors (Lipinski definition) is 0. The minimum Gasteiger partial charge on any atom is -0.488 e. The molecule has 3 aromatic rings. The van der Waals surface area contributed by atoms with E-state index in [2.05, 4.69) is 6.07 Å². The van der Waals surface area contributed by atoms with Crippen molar-refractivity contribution in [3.05, 3.63) is 82.3 Å². The van der Waals surface area contributed by atoms with E-state index in [0.717, 1.165) is 33.0 Å². The fourth-order valence-electron chi connectivity index (χ4n) is 3.77. The third-order valence-electron chi connectivity index (χ3n) is 5.57. The van der Waals surface area contributed by atoms with Crippen molar-refractivity contribution in [2.75, 3.05) is 6.61 Å². The molecular weight excluding hydrogens is 464 g/mol. The summed E-state index contributed by atoms with van der Waals surface area (Å²) >= 11 is 0.770. The van der Waals surface area contributed by atoms with E-state index in [-0.39, 0.29) is 18.1 Å². The van der Waals surface area contributed by atoms with Crippen LogP contribution in [0.3, 0.4) is 0 Å². The number of carbonyl (C=O) groups excluding carboxylic acids is 3. The summed E-state index contributed by atoms with van der Waals surface area (Å²) < 4.78 is 11.1. The molecular formula is C27H22N2O5S. The Labute approximate surface area is 206 Å². The van der Waals surface area contributed by atoms with Crippen LogP contribution < -0.4 is 4.74 Å². The zero-order valence-electron chi connectivity index (χ0n) is 19.2. The Hall–Kier alpha value is -4.09. The van der Waals surface area contributed by atoms with Gasteiger partial charge in [0.15, 0.2) is 0 Å². The van der Waals surface area contributed by atoms with Gasteiger partial charge in [0.25, 0.3) is 11.1 Å². The maximum atomic E-state index is 13.1. The summed E-state index contributed by atoms with van der Waals surface area (Å²) in [5.41, 5.74) is 1.88. The van der Waals surface area contributed by atoms with E-state index < -0.39 is 23.2 Å². The largest absolute Gasteiger partial charge is 0.488 e. The molecule has 35 heavy (non-hydrogen) atoms. The van der Waals surface area contributed by atoms with Gasteiger partial charge in [-0.3, -0.25) is 14.5 Å². The number of fused-ring (bicyclic) bond motifs is 1. The van der Waals surface area contributed by atoms with Gasteiger partial charge in [-0.25, -0.2) is 4.79 Å². The minimum atomic E-state index is -1.03. The quantitative estimate of drug-likeness (QED) is 0.331. The predicted octanol–water partition coefficient (Wildman–Crippen LogP) is 5.28. The van der Waals surface area contributed by atoms with Crippen LogP contribution >= 0.6 is 11.8 Å². The number of thioether (sulfide) groups is 1. The second kappa shape index (κ2) is 10.5. The Balaban J connectivity index is 1.71. The molecule has 4 rings (SSSR count). The Kier molecular flexibility index (Phi) is 7.18. The van der Waals surface area contributed by atoms with E-state index in [1.807, 2.05) is 42.5 Å². The summed E-state index contributed by atoms with van der Waals surface area (Å²) in [5, 5.41) is 10.6. The van der Waals surface area contributed by atoms with E-state index in [1.165, 1.54) is 6.92 Å². The lowest BCUT2D eigenvalue weighted by Crippen LogP contribution is -2.42. The van der Waals surface area contributed by atoms with E-state index in [0.29, 0.717) is 16.9 Å². The molecule has 1 aliphatic rings. The number of amides is 2. The van der Waals surface area contributed by atoms with Gasteiger partial charge in [0, 0.05) is 11.1 Å². The minimum absolute atomic E-state index is 0.154. The molecule has 1 saturated heterocycles. The van der Waals surface area contributed by atoms with Gasteiger partial charge < -0.3 is 9.47 Å². The van der Waals surface area contributed by atoms with Crippen LogP contribution in [0.2, 0.25) is 0 Å². The number of carbonyl (C=O) groups is 3. The molecule has 0 radical (unpaired) electrons. The summed E-state index contributed by atoms with van der Waals surface area (Å²) in [6.45, 7) is 3.44. The van der Waals surface area contributed by atoms with Crippen molar-refractivity contribution in [2.24, 2.45) is 0 Å². The predicted molar refractivity (Wildman–Crippen MR) is 133 cm³/mol. The van der Waals surface area contributed by atoms with E-state index in [1.54, 1.807) is 31.2 Å². The zero-order valence-corrected chi connectivity index (χ0v) is 20.0. The fraction of sp³-hybridized carbons (Fsp3) is 0.185. The first-order chi connectivity index (χ1) is 16.9. The number of ether oxygens (including phenoxy) is 2. The molecule has 176 valence electrons. The van der Waals surface area contributed by atoms with Gasteiger partial charge in [-0.05, 0) is 54.6 Å². The molecule has 0 bridgehead atoms. The summed E-state index contributed by atoms with van der Waals surface area (Å²) in [4.78, 5) is 39.0. The SMILES string of the molecule is CCOC(=O)C(C)N1C(=O)S/C(=C\c2c(OCc3ccccc3C#N)ccc3ccccc23)C1=O. The van der Waals surface area contributed by atoms with Gasteiger partial charge in [-0.1, -0.05) is 48.5 Å². The van der Waals surface area contributed by atoms with Crippen molar-refractivity contribution in [1.82, 2.24) is 4.90 Å².